The maximum Gasteiger partial charge on any atom is 0.323 e. The van der Waals surface area contributed by atoms with Gasteiger partial charge in [-0.05, 0) is 67.1 Å². The van der Waals surface area contributed by atoms with Crippen molar-refractivity contribution < 1.29 is 9.59 Å². The van der Waals surface area contributed by atoms with E-state index < -0.39 is 0 Å². The SMILES string of the molecule is Cc1cc(NC(=O)Nc2ccc(Cl)cc2)ccc1NC(=O)c1ccccc1. The van der Waals surface area contributed by atoms with Crippen molar-refractivity contribution in [2.24, 2.45) is 0 Å². The van der Waals surface area contributed by atoms with E-state index in [1.807, 2.05) is 25.1 Å². The lowest BCUT2D eigenvalue weighted by atomic mass is 10.1. The quantitative estimate of drug-likeness (QED) is 0.556. The Balaban J connectivity index is 1.63. The van der Waals surface area contributed by atoms with Gasteiger partial charge in [-0.2, -0.15) is 0 Å². The number of aryl methyl sites for hydroxylation is 1. The van der Waals surface area contributed by atoms with Gasteiger partial charge in [0, 0.05) is 27.6 Å². The van der Waals surface area contributed by atoms with Crippen LogP contribution in [0.2, 0.25) is 5.02 Å². The van der Waals surface area contributed by atoms with Gasteiger partial charge in [0.05, 0.1) is 0 Å². The smallest absolute Gasteiger partial charge is 0.322 e. The molecule has 0 bridgehead atoms. The number of rotatable bonds is 4. The van der Waals surface area contributed by atoms with E-state index in [0.717, 1.165) is 5.56 Å². The van der Waals surface area contributed by atoms with Crippen LogP contribution in [0.1, 0.15) is 15.9 Å². The van der Waals surface area contributed by atoms with Gasteiger partial charge in [0.1, 0.15) is 0 Å². The minimum absolute atomic E-state index is 0.181. The van der Waals surface area contributed by atoms with Gasteiger partial charge in [0.15, 0.2) is 0 Å². The Hall–Kier alpha value is -3.31. The molecule has 0 saturated heterocycles. The molecule has 3 aromatic carbocycles. The lowest BCUT2D eigenvalue weighted by Crippen LogP contribution is -2.19. The lowest BCUT2D eigenvalue weighted by molar-refractivity contribution is 0.102. The number of urea groups is 1. The normalized spacial score (nSPS) is 10.1. The lowest BCUT2D eigenvalue weighted by Gasteiger charge is -2.12. The highest BCUT2D eigenvalue weighted by Gasteiger charge is 2.09. The van der Waals surface area contributed by atoms with E-state index in [4.69, 9.17) is 11.6 Å². The maximum atomic E-state index is 12.3. The van der Waals surface area contributed by atoms with Crippen molar-refractivity contribution in [2.75, 3.05) is 16.0 Å². The molecule has 5 nitrogen and oxygen atoms in total. The summed E-state index contributed by atoms with van der Waals surface area (Å²) in [4.78, 5) is 24.4. The molecule has 0 spiro atoms. The summed E-state index contributed by atoms with van der Waals surface area (Å²) >= 11 is 5.83. The van der Waals surface area contributed by atoms with Gasteiger partial charge < -0.3 is 16.0 Å². The van der Waals surface area contributed by atoms with Crippen LogP contribution in [0.3, 0.4) is 0 Å². The van der Waals surface area contributed by atoms with Crippen LogP contribution in [0.15, 0.2) is 72.8 Å². The third-order valence-corrected chi connectivity index (χ3v) is 4.12. The Labute approximate surface area is 162 Å². The van der Waals surface area contributed by atoms with Crippen molar-refractivity contribution in [2.45, 2.75) is 6.92 Å². The predicted octanol–water partition coefficient (Wildman–Crippen LogP) is 5.54. The van der Waals surface area contributed by atoms with E-state index in [9.17, 15) is 9.59 Å². The minimum Gasteiger partial charge on any atom is -0.322 e. The molecule has 27 heavy (non-hydrogen) atoms. The number of carbonyl (C=O) groups is 2. The third kappa shape index (κ3) is 5.09. The zero-order valence-corrected chi connectivity index (χ0v) is 15.4. The maximum absolute atomic E-state index is 12.3. The Kier molecular flexibility index (Phi) is 5.74. The second-order valence-corrected chi connectivity index (χ2v) is 6.37. The number of amides is 3. The molecule has 0 aliphatic carbocycles. The highest BCUT2D eigenvalue weighted by atomic mass is 35.5. The summed E-state index contributed by atoms with van der Waals surface area (Å²) in [5.41, 5.74) is 3.37. The van der Waals surface area contributed by atoms with E-state index in [0.29, 0.717) is 27.6 Å². The summed E-state index contributed by atoms with van der Waals surface area (Å²) in [6, 6.07) is 20.7. The van der Waals surface area contributed by atoms with Gasteiger partial charge in [0.2, 0.25) is 0 Å². The van der Waals surface area contributed by atoms with Crippen LogP contribution < -0.4 is 16.0 Å². The first-order chi connectivity index (χ1) is 13.0. The molecular weight excluding hydrogens is 362 g/mol. The largest absolute Gasteiger partial charge is 0.323 e. The van der Waals surface area contributed by atoms with Crippen LogP contribution in [-0.4, -0.2) is 11.9 Å². The van der Waals surface area contributed by atoms with Gasteiger partial charge in [0.25, 0.3) is 5.91 Å². The van der Waals surface area contributed by atoms with Crippen LogP contribution in [0.5, 0.6) is 0 Å². The molecule has 0 saturated carbocycles. The molecule has 0 heterocycles. The standard InChI is InChI=1S/C21H18ClN3O2/c1-14-13-18(24-21(27)23-17-9-7-16(22)8-10-17)11-12-19(14)25-20(26)15-5-3-2-4-6-15/h2-13H,1H3,(H,25,26)(H2,23,24,27). The third-order valence-electron chi connectivity index (χ3n) is 3.87. The first-order valence-corrected chi connectivity index (χ1v) is 8.70. The van der Waals surface area contributed by atoms with Gasteiger partial charge in [-0.15, -0.1) is 0 Å². The van der Waals surface area contributed by atoms with Crippen molar-refractivity contribution in [3.8, 4) is 0 Å². The summed E-state index contributed by atoms with van der Waals surface area (Å²) < 4.78 is 0. The molecule has 0 aromatic heterocycles. The monoisotopic (exact) mass is 379 g/mol. The molecule has 0 fully saturated rings. The average Bonchev–Trinajstić information content (AvgIpc) is 2.66. The first-order valence-electron chi connectivity index (χ1n) is 8.32. The van der Waals surface area contributed by atoms with Crippen molar-refractivity contribution >= 4 is 40.6 Å². The molecule has 6 heteroatoms. The predicted molar refractivity (Wildman–Crippen MR) is 110 cm³/mol. The highest BCUT2D eigenvalue weighted by Crippen LogP contribution is 2.21. The average molecular weight is 380 g/mol. The van der Waals surface area contributed by atoms with E-state index in [1.165, 1.54) is 0 Å². The summed E-state index contributed by atoms with van der Waals surface area (Å²) in [5.74, 6) is -0.181. The van der Waals surface area contributed by atoms with Crippen LogP contribution in [0.4, 0.5) is 21.9 Å². The number of nitrogens with one attached hydrogen (secondary N) is 3. The molecule has 136 valence electrons. The molecule has 0 radical (unpaired) electrons. The van der Waals surface area contributed by atoms with Crippen LogP contribution in [0.25, 0.3) is 0 Å². The molecule has 0 aliphatic heterocycles. The molecule has 3 rings (SSSR count). The second kappa shape index (κ2) is 8.38. The van der Waals surface area contributed by atoms with E-state index in [1.54, 1.807) is 54.6 Å². The second-order valence-electron chi connectivity index (χ2n) is 5.94. The Bertz CT molecular complexity index is 957. The number of carbonyl (C=O) groups excluding carboxylic acids is 2. The Morgan fingerprint density at radius 3 is 2.07 bits per heavy atom. The summed E-state index contributed by atoms with van der Waals surface area (Å²) in [6.07, 6.45) is 0. The molecule has 3 amide bonds. The first kappa shape index (κ1) is 18.5. The van der Waals surface area contributed by atoms with Crippen molar-refractivity contribution in [3.63, 3.8) is 0 Å². The van der Waals surface area contributed by atoms with Crippen LogP contribution >= 0.6 is 11.6 Å². The molecule has 0 atom stereocenters. The number of anilines is 3. The zero-order valence-electron chi connectivity index (χ0n) is 14.6. The Morgan fingerprint density at radius 2 is 1.41 bits per heavy atom. The molecule has 3 N–H and O–H groups in total. The van der Waals surface area contributed by atoms with Gasteiger partial charge in [-0.1, -0.05) is 29.8 Å². The number of hydrogen-bond donors (Lipinski definition) is 3. The fraction of sp³-hybridized carbons (Fsp3) is 0.0476. The molecule has 3 aromatic rings. The highest BCUT2D eigenvalue weighted by molar-refractivity contribution is 6.30. The Morgan fingerprint density at radius 1 is 0.778 bits per heavy atom. The summed E-state index contributed by atoms with van der Waals surface area (Å²) in [7, 11) is 0. The van der Waals surface area contributed by atoms with Gasteiger partial charge in [-0.3, -0.25) is 4.79 Å². The van der Waals surface area contributed by atoms with Crippen molar-refractivity contribution in [3.05, 3.63) is 88.9 Å². The fourth-order valence-corrected chi connectivity index (χ4v) is 2.62. The van der Waals surface area contributed by atoms with Crippen molar-refractivity contribution in [1.29, 1.82) is 0 Å². The minimum atomic E-state index is -0.363. The zero-order chi connectivity index (χ0) is 19.2. The van der Waals surface area contributed by atoms with E-state index >= 15 is 0 Å². The number of benzene rings is 3. The van der Waals surface area contributed by atoms with Crippen molar-refractivity contribution in [1.82, 2.24) is 0 Å². The molecular formula is C21H18ClN3O2. The van der Waals surface area contributed by atoms with Gasteiger partial charge >= 0.3 is 6.03 Å². The number of hydrogen-bond acceptors (Lipinski definition) is 2. The van der Waals surface area contributed by atoms with E-state index in [2.05, 4.69) is 16.0 Å². The molecule has 0 unspecified atom stereocenters. The van der Waals surface area contributed by atoms with Gasteiger partial charge in [-0.25, -0.2) is 4.79 Å². The van der Waals surface area contributed by atoms with Crippen LogP contribution in [-0.2, 0) is 0 Å². The summed E-state index contributed by atoms with van der Waals surface area (Å²) in [5, 5.41) is 8.96. The molecule has 0 aliphatic rings. The topological polar surface area (TPSA) is 70.2 Å². The van der Waals surface area contributed by atoms with E-state index in [-0.39, 0.29) is 11.9 Å². The fourth-order valence-electron chi connectivity index (χ4n) is 2.49. The van der Waals surface area contributed by atoms with Crippen LogP contribution in [0, 0.1) is 6.92 Å². The summed E-state index contributed by atoms with van der Waals surface area (Å²) in [6.45, 7) is 1.86. The number of halogens is 1.